The highest BCUT2D eigenvalue weighted by molar-refractivity contribution is 5.83. The molecule has 0 aliphatic carbocycles. The van der Waals surface area contributed by atoms with Gasteiger partial charge in [-0.15, -0.1) is 0 Å². The van der Waals surface area contributed by atoms with Gasteiger partial charge in [0.2, 0.25) is 0 Å². The van der Waals surface area contributed by atoms with E-state index in [-0.39, 0.29) is 0 Å². The molecule has 0 N–H and O–H groups in total. The summed E-state index contributed by atoms with van der Waals surface area (Å²) < 4.78 is 0. The number of hydrogen-bond acceptors (Lipinski definition) is 2. The maximum Gasteiger partial charge on any atom is 0.187 e. The van der Waals surface area contributed by atoms with Crippen molar-refractivity contribution >= 4 is 18.1 Å². The molecule has 0 heterocycles. The van der Waals surface area contributed by atoms with Crippen LogP contribution >= 0.6 is 0 Å². The lowest BCUT2D eigenvalue weighted by Crippen LogP contribution is -1.83. The molecule has 0 radical (unpaired) electrons. The van der Waals surface area contributed by atoms with Gasteiger partial charge in [-0.2, -0.15) is 10.2 Å². The van der Waals surface area contributed by atoms with E-state index in [4.69, 9.17) is 6.57 Å². The van der Waals surface area contributed by atoms with Gasteiger partial charge in [0.05, 0.1) is 19.0 Å². The highest BCUT2D eigenvalue weighted by Gasteiger charge is 1.90. The van der Waals surface area contributed by atoms with E-state index in [0.29, 0.717) is 5.69 Å². The van der Waals surface area contributed by atoms with E-state index in [2.05, 4.69) is 34.1 Å². The predicted octanol–water partition coefficient (Wildman–Crippen LogP) is 4.25. The van der Waals surface area contributed by atoms with Gasteiger partial charge in [-0.1, -0.05) is 55.5 Å². The Labute approximate surface area is 119 Å². The van der Waals surface area contributed by atoms with Crippen molar-refractivity contribution in [3.8, 4) is 0 Å². The normalized spacial score (nSPS) is 11.0. The Balaban J connectivity index is 1.97. The van der Waals surface area contributed by atoms with Gasteiger partial charge in [0.1, 0.15) is 0 Å². The summed E-state index contributed by atoms with van der Waals surface area (Å²) in [6.07, 6.45) is 4.43. The molecule has 0 spiro atoms. The zero-order valence-electron chi connectivity index (χ0n) is 11.3. The van der Waals surface area contributed by atoms with Crippen LogP contribution in [0.15, 0.2) is 58.7 Å². The Morgan fingerprint density at radius 2 is 1.40 bits per heavy atom. The van der Waals surface area contributed by atoms with Crippen LogP contribution in [0.1, 0.15) is 23.6 Å². The fraction of sp³-hybridized carbons (Fsp3) is 0.118. The summed E-state index contributed by atoms with van der Waals surface area (Å²) in [6, 6.07) is 15.5. The molecule has 0 bridgehead atoms. The number of hydrogen-bond donors (Lipinski definition) is 0. The third-order valence-corrected chi connectivity index (χ3v) is 2.89. The highest BCUT2D eigenvalue weighted by Crippen LogP contribution is 2.11. The summed E-state index contributed by atoms with van der Waals surface area (Å²) in [4.78, 5) is 3.34. The van der Waals surface area contributed by atoms with Crippen LogP contribution in [0.3, 0.4) is 0 Å². The molecule has 2 aromatic rings. The van der Waals surface area contributed by atoms with Crippen molar-refractivity contribution in [3.63, 3.8) is 0 Å². The zero-order valence-corrected chi connectivity index (χ0v) is 11.3. The highest BCUT2D eigenvalue weighted by atomic mass is 15.2. The minimum Gasteiger partial charge on any atom is -0.238 e. The first-order valence-electron chi connectivity index (χ1n) is 6.44. The molecule has 3 nitrogen and oxygen atoms in total. The van der Waals surface area contributed by atoms with Crippen LogP contribution < -0.4 is 0 Å². The second-order valence-corrected chi connectivity index (χ2v) is 4.29. The second-order valence-electron chi connectivity index (χ2n) is 4.29. The van der Waals surface area contributed by atoms with Crippen LogP contribution in [0.25, 0.3) is 4.85 Å². The third-order valence-electron chi connectivity index (χ3n) is 2.89. The van der Waals surface area contributed by atoms with Gasteiger partial charge in [0, 0.05) is 0 Å². The van der Waals surface area contributed by atoms with Gasteiger partial charge < -0.3 is 0 Å². The van der Waals surface area contributed by atoms with Crippen LogP contribution in [-0.2, 0) is 6.42 Å². The lowest BCUT2D eigenvalue weighted by atomic mass is 10.1. The maximum absolute atomic E-state index is 6.87. The Morgan fingerprint density at radius 1 is 0.900 bits per heavy atom. The second kappa shape index (κ2) is 7.01. The first-order chi connectivity index (χ1) is 9.81. The predicted molar refractivity (Wildman–Crippen MR) is 83.7 cm³/mol. The minimum absolute atomic E-state index is 0.627. The summed E-state index contributed by atoms with van der Waals surface area (Å²) in [7, 11) is 0. The number of rotatable bonds is 4. The molecular weight excluding hydrogens is 246 g/mol. The number of aryl methyl sites for hydroxylation is 1. The van der Waals surface area contributed by atoms with Crippen molar-refractivity contribution in [1.29, 1.82) is 0 Å². The van der Waals surface area contributed by atoms with Gasteiger partial charge >= 0.3 is 0 Å². The van der Waals surface area contributed by atoms with Gasteiger partial charge in [-0.05, 0) is 23.1 Å². The fourth-order valence-corrected chi connectivity index (χ4v) is 1.67. The van der Waals surface area contributed by atoms with E-state index in [1.54, 1.807) is 24.6 Å². The molecular formula is C17H15N3. The average molecular weight is 261 g/mol. The Bertz CT molecular complexity index is 644. The zero-order chi connectivity index (χ0) is 14.2. The number of nitrogens with zero attached hydrogens (tertiary/aromatic N) is 3. The van der Waals surface area contributed by atoms with Crippen LogP contribution in [0.4, 0.5) is 5.69 Å². The summed E-state index contributed by atoms with van der Waals surface area (Å²) in [5.41, 5.74) is 3.89. The van der Waals surface area contributed by atoms with Gasteiger partial charge in [-0.3, -0.25) is 0 Å². The maximum atomic E-state index is 6.87. The summed E-state index contributed by atoms with van der Waals surface area (Å²) in [5.74, 6) is 0. The molecule has 0 aliphatic heterocycles. The first kappa shape index (κ1) is 13.7. The molecule has 0 unspecified atom stereocenters. The quantitative estimate of drug-likeness (QED) is 0.447. The van der Waals surface area contributed by atoms with E-state index in [1.165, 1.54) is 5.56 Å². The fourth-order valence-electron chi connectivity index (χ4n) is 1.67. The molecule has 98 valence electrons. The van der Waals surface area contributed by atoms with Crippen molar-refractivity contribution in [2.45, 2.75) is 13.3 Å². The summed E-state index contributed by atoms with van der Waals surface area (Å²) in [5, 5.41) is 8.02. The molecule has 2 aromatic carbocycles. The monoisotopic (exact) mass is 261 g/mol. The third kappa shape index (κ3) is 3.89. The standard InChI is InChI=1S/C17H15N3/c1-3-14-4-6-15(7-5-14)12-19-20-13-16-8-10-17(18-2)11-9-16/h4-13H,3H2,1H3. The van der Waals surface area contributed by atoms with Crippen molar-refractivity contribution < 1.29 is 0 Å². The molecule has 0 saturated heterocycles. The van der Waals surface area contributed by atoms with Gasteiger partial charge in [-0.25, -0.2) is 4.85 Å². The molecule has 0 saturated carbocycles. The Morgan fingerprint density at radius 3 is 1.85 bits per heavy atom. The van der Waals surface area contributed by atoms with Crippen LogP contribution in [0.5, 0.6) is 0 Å². The van der Waals surface area contributed by atoms with Gasteiger partial charge in [0.15, 0.2) is 5.69 Å². The SMILES string of the molecule is [C-]#[N+]c1ccc(C=NN=Cc2ccc(CC)cc2)cc1. The van der Waals surface area contributed by atoms with E-state index in [1.807, 2.05) is 24.3 Å². The smallest absolute Gasteiger partial charge is 0.187 e. The number of benzene rings is 2. The van der Waals surface area contributed by atoms with Crippen LogP contribution in [-0.4, -0.2) is 12.4 Å². The molecule has 0 atom stereocenters. The average Bonchev–Trinajstić information content (AvgIpc) is 2.53. The van der Waals surface area contributed by atoms with E-state index < -0.39 is 0 Å². The van der Waals surface area contributed by atoms with Crippen LogP contribution in [0.2, 0.25) is 0 Å². The van der Waals surface area contributed by atoms with Crippen LogP contribution in [0, 0.1) is 6.57 Å². The Kier molecular flexibility index (Phi) is 4.80. The molecule has 20 heavy (non-hydrogen) atoms. The van der Waals surface area contributed by atoms with E-state index in [0.717, 1.165) is 17.5 Å². The molecule has 0 aromatic heterocycles. The molecule has 0 amide bonds. The first-order valence-corrected chi connectivity index (χ1v) is 6.44. The van der Waals surface area contributed by atoms with Crippen molar-refractivity contribution in [1.82, 2.24) is 0 Å². The largest absolute Gasteiger partial charge is 0.238 e. The summed E-state index contributed by atoms with van der Waals surface area (Å²) >= 11 is 0. The summed E-state index contributed by atoms with van der Waals surface area (Å²) in [6.45, 7) is 9.01. The lowest BCUT2D eigenvalue weighted by Gasteiger charge is -1.95. The molecule has 2 rings (SSSR count). The molecule has 0 aliphatic rings. The van der Waals surface area contributed by atoms with Crippen molar-refractivity contribution in [3.05, 3.63) is 76.6 Å². The van der Waals surface area contributed by atoms with E-state index >= 15 is 0 Å². The van der Waals surface area contributed by atoms with Crippen molar-refractivity contribution in [2.75, 3.05) is 0 Å². The molecule has 0 fully saturated rings. The van der Waals surface area contributed by atoms with Crippen molar-refractivity contribution in [2.24, 2.45) is 10.2 Å². The molecule has 3 heteroatoms. The minimum atomic E-state index is 0.627. The Hall–Kier alpha value is -2.73. The van der Waals surface area contributed by atoms with E-state index in [9.17, 15) is 0 Å². The lowest BCUT2D eigenvalue weighted by molar-refractivity contribution is 1.14. The van der Waals surface area contributed by atoms with Gasteiger partial charge in [0.25, 0.3) is 0 Å². The topological polar surface area (TPSA) is 29.1 Å².